The van der Waals surface area contributed by atoms with Gasteiger partial charge in [0.05, 0.1) is 17.9 Å². The van der Waals surface area contributed by atoms with Crippen molar-refractivity contribution in [2.45, 2.75) is 90.9 Å². The molecule has 172 valence electrons. The van der Waals surface area contributed by atoms with Crippen LogP contribution in [0.4, 0.5) is 5.69 Å². The monoisotopic (exact) mass is 427 g/mol. The van der Waals surface area contributed by atoms with Crippen molar-refractivity contribution in [3.05, 3.63) is 53.4 Å². The van der Waals surface area contributed by atoms with Crippen molar-refractivity contribution in [2.24, 2.45) is 0 Å². The number of anilines is 1. The summed E-state index contributed by atoms with van der Waals surface area (Å²) in [4.78, 5) is 12.2. The Morgan fingerprint density at radius 1 is 0.968 bits per heavy atom. The smallest absolute Gasteiger partial charge is 0.338 e. The first-order chi connectivity index (χ1) is 15.2. The Labute approximate surface area is 189 Å². The first-order valence-corrected chi connectivity index (χ1v) is 12.2. The third kappa shape index (κ3) is 11.1. The zero-order chi connectivity index (χ0) is 22.2. The van der Waals surface area contributed by atoms with E-state index >= 15 is 0 Å². The molecule has 0 aromatic heterocycles. The molecule has 4 nitrogen and oxygen atoms in total. The summed E-state index contributed by atoms with van der Waals surface area (Å²) in [6, 6.07) is 7.43. The van der Waals surface area contributed by atoms with Crippen molar-refractivity contribution in [3.8, 4) is 0 Å². The molecule has 0 radical (unpaired) electrons. The largest absolute Gasteiger partial charge is 0.494 e. The number of carbonyl (C=O) groups excluding carboxylic acids is 1. The second-order valence-electron chi connectivity index (χ2n) is 8.50. The first kappa shape index (κ1) is 25.0. The molecule has 0 aliphatic carbocycles. The van der Waals surface area contributed by atoms with E-state index in [1.165, 1.54) is 63.4 Å². The van der Waals surface area contributed by atoms with Crippen molar-refractivity contribution >= 4 is 11.7 Å². The Kier molecular flexibility index (Phi) is 12.6. The lowest BCUT2D eigenvalue weighted by Crippen LogP contribution is -2.07. The summed E-state index contributed by atoms with van der Waals surface area (Å²) in [5, 5.41) is 3.27. The molecular formula is C27H41NO3. The van der Waals surface area contributed by atoms with Gasteiger partial charge in [0.15, 0.2) is 0 Å². The van der Waals surface area contributed by atoms with Crippen molar-refractivity contribution in [3.63, 3.8) is 0 Å². The van der Waals surface area contributed by atoms with E-state index in [9.17, 15) is 4.79 Å². The first-order valence-electron chi connectivity index (χ1n) is 12.2. The van der Waals surface area contributed by atoms with Crippen LogP contribution in [0.15, 0.2) is 47.9 Å². The number of benzene rings is 1. The minimum Gasteiger partial charge on any atom is -0.494 e. The van der Waals surface area contributed by atoms with Crippen LogP contribution in [0.1, 0.15) is 101 Å². The lowest BCUT2D eigenvalue weighted by Gasteiger charge is -2.15. The van der Waals surface area contributed by atoms with Crippen LogP contribution in [-0.2, 0) is 9.47 Å². The molecular weight excluding hydrogens is 386 g/mol. The Hall–Kier alpha value is -2.23. The van der Waals surface area contributed by atoms with Gasteiger partial charge in [0, 0.05) is 11.9 Å². The van der Waals surface area contributed by atoms with Crippen molar-refractivity contribution in [1.29, 1.82) is 0 Å². The van der Waals surface area contributed by atoms with Crippen LogP contribution in [0, 0.1) is 0 Å². The van der Waals surface area contributed by atoms with Gasteiger partial charge in [0.25, 0.3) is 0 Å². The molecule has 0 amide bonds. The maximum absolute atomic E-state index is 12.2. The molecule has 0 atom stereocenters. The van der Waals surface area contributed by atoms with E-state index in [0.717, 1.165) is 30.7 Å². The molecule has 2 rings (SSSR count). The van der Waals surface area contributed by atoms with Crippen molar-refractivity contribution < 1.29 is 14.3 Å². The molecule has 31 heavy (non-hydrogen) atoms. The number of carbonyl (C=O) groups is 1. The van der Waals surface area contributed by atoms with Crippen molar-refractivity contribution in [1.82, 2.24) is 0 Å². The number of hydrogen-bond donors (Lipinski definition) is 1. The summed E-state index contributed by atoms with van der Waals surface area (Å²) in [6.07, 6.45) is 19.2. The van der Waals surface area contributed by atoms with Crippen LogP contribution in [0.5, 0.6) is 0 Å². The summed E-state index contributed by atoms with van der Waals surface area (Å²) >= 11 is 0. The maximum Gasteiger partial charge on any atom is 0.338 e. The van der Waals surface area contributed by atoms with Crippen LogP contribution in [0.2, 0.25) is 0 Å². The standard InChI is InChI=1S/C27H41NO3/c1-3-4-5-6-7-8-9-10-11-12-13-20-30-27(29)25-16-18-26(19-17-25)28-21-24-15-14-23(2)31-22-24/h14,16-19,21,28H,3-13,15,20,22H2,1-2H3. The average Bonchev–Trinajstić information content (AvgIpc) is 2.79. The normalized spacial score (nSPS) is 14.8. The van der Waals surface area contributed by atoms with Gasteiger partial charge in [-0.1, -0.05) is 71.1 Å². The molecule has 0 saturated heterocycles. The fourth-order valence-electron chi connectivity index (χ4n) is 3.60. The number of unbranched alkanes of at least 4 members (excludes halogenated alkanes) is 10. The number of nitrogens with one attached hydrogen (secondary N) is 1. The third-order valence-electron chi connectivity index (χ3n) is 5.68. The van der Waals surface area contributed by atoms with Crippen molar-refractivity contribution in [2.75, 3.05) is 18.5 Å². The number of hydrogen-bond acceptors (Lipinski definition) is 4. The average molecular weight is 428 g/mol. The minimum atomic E-state index is -0.238. The molecule has 1 heterocycles. The van der Waals surface area contributed by atoms with E-state index in [0.29, 0.717) is 18.8 Å². The topological polar surface area (TPSA) is 47.6 Å². The van der Waals surface area contributed by atoms with E-state index < -0.39 is 0 Å². The van der Waals surface area contributed by atoms with Gasteiger partial charge < -0.3 is 14.8 Å². The second-order valence-corrected chi connectivity index (χ2v) is 8.50. The number of esters is 1. The van der Waals surface area contributed by atoms with Gasteiger partial charge in [-0.2, -0.15) is 0 Å². The fraction of sp³-hybridized carbons (Fsp3) is 0.593. The SMILES string of the molecule is CCCCCCCCCCCCCOC(=O)c1ccc(NC=C2CC=C(C)OC2)cc1. The Bertz CT molecular complexity index is 691. The Balaban J connectivity index is 1.52. The highest BCUT2D eigenvalue weighted by molar-refractivity contribution is 5.89. The molecule has 1 aliphatic heterocycles. The number of rotatable bonds is 15. The van der Waals surface area contributed by atoms with Crippen LogP contribution < -0.4 is 5.32 Å². The number of allylic oxidation sites excluding steroid dienone is 2. The van der Waals surface area contributed by atoms with Gasteiger partial charge in [0.1, 0.15) is 6.61 Å². The van der Waals surface area contributed by atoms with Crippen LogP contribution in [-0.4, -0.2) is 19.2 Å². The van der Waals surface area contributed by atoms with E-state index in [1.54, 1.807) is 0 Å². The molecule has 0 fully saturated rings. The van der Waals surface area contributed by atoms with E-state index in [1.807, 2.05) is 37.4 Å². The van der Waals surface area contributed by atoms with Gasteiger partial charge in [-0.25, -0.2) is 4.79 Å². The van der Waals surface area contributed by atoms with Gasteiger partial charge in [-0.05, 0) is 55.7 Å². The maximum atomic E-state index is 12.2. The summed E-state index contributed by atoms with van der Waals surface area (Å²) in [7, 11) is 0. The zero-order valence-electron chi connectivity index (χ0n) is 19.6. The van der Waals surface area contributed by atoms with Crippen LogP contribution in [0.3, 0.4) is 0 Å². The molecule has 4 heteroatoms. The molecule has 0 spiro atoms. The molecule has 0 bridgehead atoms. The van der Waals surface area contributed by atoms with Gasteiger partial charge in [-0.3, -0.25) is 0 Å². The highest BCUT2D eigenvalue weighted by Gasteiger charge is 2.07. The van der Waals surface area contributed by atoms with Crippen LogP contribution >= 0.6 is 0 Å². The molecule has 1 aromatic rings. The predicted molar refractivity (Wildman–Crippen MR) is 129 cm³/mol. The Morgan fingerprint density at radius 2 is 1.58 bits per heavy atom. The second kappa shape index (κ2) is 15.6. The van der Waals surface area contributed by atoms with E-state index in [4.69, 9.17) is 9.47 Å². The minimum absolute atomic E-state index is 0.238. The molecule has 1 N–H and O–H groups in total. The number of ether oxygens (including phenoxy) is 2. The van der Waals surface area contributed by atoms with E-state index in [-0.39, 0.29) is 5.97 Å². The van der Waals surface area contributed by atoms with E-state index in [2.05, 4.69) is 18.3 Å². The molecule has 1 aromatic carbocycles. The Morgan fingerprint density at radius 3 is 2.16 bits per heavy atom. The lowest BCUT2D eigenvalue weighted by molar-refractivity contribution is 0.0497. The summed E-state index contributed by atoms with van der Waals surface area (Å²) in [5.74, 6) is 0.742. The molecule has 0 unspecified atom stereocenters. The molecule has 1 aliphatic rings. The summed E-state index contributed by atoms with van der Waals surface area (Å²) < 4.78 is 10.9. The fourth-order valence-corrected chi connectivity index (χ4v) is 3.60. The lowest BCUT2D eigenvalue weighted by atomic mass is 10.1. The quantitative estimate of drug-likeness (QED) is 0.229. The third-order valence-corrected chi connectivity index (χ3v) is 5.68. The van der Waals surface area contributed by atoms with Gasteiger partial charge in [-0.15, -0.1) is 0 Å². The highest BCUT2D eigenvalue weighted by atomic mass is 16.5. The highest BCUT2D eigenvalue weighted by Crippen LogP contribution is 2.17. The van der Waals surface area contributed by atoms with Gasteiger partial charge >= 0.3 is 5.97 Å². The van der Waals surface area contributed by atoms with Gasteiger partial charge in [0.2, 0.25) is 0 Å². The predicted octanol–water partition coefficient (Wildman–Crippen LogP) is 7.77. The van der Waals surface area contributed by atoms with Crippen LogP contribution in [0.25, 0.3) is 0 Å². The molecule has 0 saturated carbocycles. The summed E-state index contributed by atoms with van der Waals surface area (Å²) in [6.45, 7) is 5.37. The zero-order valence-corrected chi connectivity index (χ0v) is 19.6. The summed E-state index contributed by atoms with van der Waals surface area (Å²) in [5.41, 5.74) is 2.74.